The number of primary amides is 1. The molecule has 0 bridgehead atoms. The average molecular weight is 184 g/mol. The van der Waals surface area contributed by atoms with E-state index in [1.807, 2.05) is 0 Å². The van der Waals surface area contributed by atoms with Crippen LogP contribution < -0.4 is 11.5 Å². The molecule has 0 spiro atoms. The van der Waals surface area contributed by atoms with E-state index < -0.39 is 5.91 Å². The van der Waals surface area contributed by atoms with E-state index in [1.54, 1.807) is 6.20 Å². The Bertz CT molecular complexity index is 296. The SMILES string of the molecule is NC(=O)c1ccn(C[C@@H](N)CO)n1. The smallest absolute Gasteiger partial charge is 0.269 e. The van der Waals surface area contributed by atoms with E-state index in [0.29, 0.717) is 6.54 Å². The highest BCUT2D eigenvalue weighted by Gasteiger charge is 2.06. The van der Waals surface area contributed by atoms with Crippen molar-refractivity contribution in [2.45, 2.75) is 12.6 Å². The first-order chi connectivity index (χ1) is 6.13. The normalized spacial score (nSPS) is 12.8. The number of hydrogen-bond donors (Lipinski definition) is 3. The van der Waals surface area contributed by atoms with Crippen molar-refractivity contribution >= 4 is 5.91 Å². The van der Waals surface area contributed by atoms with E-state index >= 15 is 0 Å². The minimum atomic E-state index is -0.573. The predicted molar refractivity (Wildman–Crippen MR) is 45.8 cm³/mol. The third-order valence-corrected chi connectivity index (χ3v) is 1.55. The van der Waals surface area contributed by atoms with Gasteiger partial charge in [0.2, 0.25) is 0 Å². The summed E-state index contributed by atoms with van der Waals surface area (Å²) in [5.41, 5.74) is 10.7. The van der Waals surface area contributed by atoms with Crippen LogP contribution in [0, 0.1) is 0 Å². The van der Waals surface area contributed by atoms with Crippen LogP contribution in [0.15, 0.2) is 12.3 Å². The molecule has 0 aliphatic heterocycles. The van der Waals surface area contributed by atoms with Crippen molar-refractivity contribution in [3.8, 4) is 0 Å². The van der Waals surface area contributed by atoms with E-state index in [0.717, 1.165) is 0 Å². The number of aliphatic hydroxyl groups excluding tert-OH is 1. The van der Waals surface area contributed by atoms with Crippen molar-refractivity contribution < 1.29 is 9.90 Å². The molecule has 72 valence electrons. The van der Waals surface area contributed by atoms with Gasteiger partial charge in [-0.1, -0.05) is 0 Å². The zero-order valence-electron chi connectivity index (χ0n) is 7.05. The molecular weight excluding hydrogens is 172 g/mol. The van der Waals surface area contributed by atoms with E-state index in [4.69, 9.17) is 16.6 Å². The fraction of sp³-hybridized carbons (Fsp3) is 0.429. The molecule has 0 aliphatic rings. The van der Waals surface area contributed by atoms with Gasteiger partial charge in [0.05, 0.1) is 13.2 Å². The van der Waals surface area contributed by atoms with Crippen LogP contribution in [0.2, 0.25) is 0 Å². The number of rotatable bonds is 4. The number of carbonyl (C=O) groups is 1. The van der Waals surface area contributed by atoms with Gasteiger partial charge < -0.3 is 16.6 Å². The maximum absolute atomic E-state index is 10.6. The minimum Gasteiger partial charge on any atom is -0.395 e. The Morgan fingerprint density at radius 1 is 1.77 bits per heavy atom. The van der Waals surface area contributed by atoms with Crippen LogP contribution in [-0.2, 0) is 6.54 Å². The van der Waals surface area contributed by atoms with E-state index in [1.165, 1.54) is 10.7 Å². The van der Waals surface area contributed by atoms with Gasteiger partial charge in [0, 0.05) is 12.2 Å². The second-order valence-electron chi connectivity index (χ2n) is 2.73. The van der Waals surface area contributed by atoms with Crippen LogP contribution in [-0.4, -0.2) is 33.4 Å². The Labute approximate surface area is 75.1 Å². The molecule has 5 N–H and O–H groups in total. The number of nitrogens with zero attached hydrogens (tertiary/aromatic N) is 2. The number of nitrogens with two attached hydrogens (primary N) is 2. The maximum Gasteiger partial charge on any atom is 0.269 e. The Hall–Kier alpha value is -1.40. The Morgan fingerprint density at radius 3 is 2.92 bits per heavy atom. The minimum absolute atomic E-state index is 0.119. The summed E-state index contributed by atoms with van der Waals surface area (Å²) in [5, 5.41) is 12.5. The van der Waals surface area contributed by atoms with Gasteiger partial charge in [0.25, 0.3) is 5.91 Å². The molecule has 1 aromatic heterocycles. The quantitative estimate of drug-likeness (QED) is 0.518. The molecular formula is C7H12N4O2. The van der Waals surface area contributed by atoms with Crippen molar-refractivity contribution in [3.63, 3.8) is 0 Å². The first-order valence-electron chi connectivity index (χ1n) is 3.83. The fourth-order valence-electron chi connectivity index (χ4n) is 0.893. The molecule has 0 fully saturated rings. The van der Waals surface area contributed by atoms with Gasteiger partial charge in [0.15, 0.2) is 0 Å². The highest BCUT2D eigenvalue weighted by molar-refractivity contribution is 5.90. The lowest BCUT2D eigenvalue weighted by atomic mass is 10.3. The highest BCUT2D eigenvalue weighted by Crippen LogP contribution is 1.95. The standard InChI is InChI=1S/C7H12N4O2/c8-5(4-12)3-11-2-1-6(10-11)7(9)13/h1-2,5,12H,3-4,8H2,(H2,9,13)/t5-/m1/s1. The van der Waals surface area contributed by atoms with Gasteiger partial charge in [0.1, 0.15) is 5.69 Å². The van der Waals surface area contributed by atoms with Crippen molar-refractivity contribution in [2.24, 2.45) is 11.5 Å². The number of aliphatic hydroxyl groups is 1. The van der Waals surface area contributed by atoms with Crippen LogP contribution in [0.5, 0.6) is 0 Å². The van der Waals surface area contributed by atoms with Crippen molar-refractivity contribution in [3.05, 3.63) is 18.0 Å². The molecule has 0 aromatic carbocycles. The topological polar surface area (TPSA) is 107 Å². The molecule has 0 unspecified atom stereocenters. The largest absolute Gasteiger partial charge is 0.395 e. The average Bonchev–Trinajstić information content (AvgIpc) is 2.52. The molecule has 13 heavy (non-hydrogen) atoms. The van der Waals surface area contributed by atoms with Gasteiger partial charge >= 0.3 is 0 Å². The Morgan fingerprint density at radius 2 is 2.46 bits per heavy atom. The van der Waals surface area contributed by atoms with Gasteiger partial charge in [-0.2, -0.15) is 5.10 Å². The van der Waals surface area contributed by atoms with Crippen molar-refractivity contribution in [1.29, 1.82) is 0 Å². The number of amides is 1. The molecule has 6 nitrogen and oxygen atoms in total. The third-order valence-electron chi connectivity index (χ3n) is 1.55. The molecule has 1 rings (SSSR count). The molecule has 0 saturated carbocycles. The summed E-state index contributed by atoms with van der Waals surface area (Å²) in [6.45, 7) is 0.246. The van der Waals surface area contributed by atoms with Crippen LogP contribution in [0.3, 0.4) is 0 Å². The summed E-state index contributed by atoms with van der Waals surface area (Å²) in [5.74, 6) is -0.573. The zero-order valence-corrected chi connectivity index (χ0v) is 7.05. The van der Waals surface area contributed by atoms with Crippen molar-refractivity contribution in [1.82, 2.24) is 9.78 Å². The van der Waals surface area contributed by atoms with Crippen LogP contribution >= 0.6 is 0 Å². The highest BCUT2D eigenvalue weighted by atomic mass is 16.3. The number of aromatic nitrogens is 2. The summed E-state index contributed by atoms with van der Waals surface area (Å²) >= 11 is 0. The maximum atomic E-state index is 10.6. The summed E-state index contributed by atoms with van der Waals surface area (Å²) in [6, 6.07) is 1.13. The first-order valence-corrected chi connectivity index (χ1v) is 3.83. The van der Waals surface area contributed by atoms with Gasteiger partial charge in [-0.25, -0.2) is 0 Å². The van der Waals surface area contributed by atoms with Gasteiger partial charge in [-0.3, -0.25) is 9.48 Å². The predicted octanol–water partition coefficient (Wildman–Crippen LogP) is -1.70. The Kier molecular flexibility index (Phi) is 2.99. The number of hydrogen-bond acceptors (Lipinski definition) is 4. The van der Waals surface area contributed by atoms with Gasteiger partial charge in [-0.15, -0.1) is 0 Å². The van der Waals surface area contributed by atoms with Gasteiger partial charge in [-0.05, 0) is 6.07 Å². The van der Waals surface area contributed by atoms with Crippen LogP contribution in [0.25, 0.3) is 0 Å². The first kappa shape index (κ1) is 9.69. The van der Waals surface area contributed by atoms with Crippen LogP contribution in [0.4, 0.5) is 0 Å². The second kappa shape index (κ2) is 4.01. The molecule has 1 aromatic rings. The van der Waals surface area contributed by atoms with Crippen molar-refractivity contribution in [2.75, 3.05) is 6.61 Å². The summed E-state index contributed by atoms with van der Waals surface area (Å²) in [4.78, 5) is 10.6. The summed E-state index contributed by atoms with van der Waals surface area (Å²) in [6.07, 6.45) is 1.59. The molecule has 1 amide bonds. The lowest BCUT2D eigenvalue weighted by Crippen LogP contribution is -2.30. The molecule has 0 radical (unpaired) electrons. The third kappa shape index (κ3) is 2.53. The second-order valence-corrected chi connectivity index (χ2v) is 2.73. The lowest BCUT2D eigenvalue weighted by Gasteiger charge is -2.06. The zero-order chi connectivity index (χ0) is 9.84. The molecule has 6 heteroatoms. The Balaban J connectivity index is 2.64. The van der Waals surface area contributed by atoms with E-state index in [2.05, 4.69) is 5.10 Å². The monoisotopic (exact) mass is 184 g/mol. The molecule has 0 aliphatic carbocycles. The van der Waals surface area contributed by atoms with Crippen LogP contribution in [0.1, 0.15) is 10.5 Å². The van der Waals surface area contributed by atoms with E-state index in [9.17, 15) is 4.79 Å². The molecule has 0 saturated heterocycles. The summed E-state index contributed by atoms with van der Waals surface area (Å²) < 4.78 is 1.47. The summed E-state index contributed by atoms with van der Waals surface area (Å²) in [7, 11) is 0. The molecule has 1 atom stereocenters. The molecule has 1 heterocycles. The fourth-order valence-corrected chi connectivity index (χ4v) is 0.893. The number of carbonyl (C=O) groups excluding carboxylic acids is 1. The lowest BCUT2D eigenvalue weighted by molar-refractivity contribution is 0.0994. The van der Waals surface area contributed by atoms with E-state index in [-0.39, 0.29) is 18.3 Å².